The molecule has 2 aromatic heterocycles. The van der Waals surface area contributed by atoms with Crippen LogP contribution in [0.4, 0.5) is 5.69 Å². The molecule has 2 aliphatic rings. The molecule has 0 spiro atoms. The van der Waals surface area contributed by atoms with Gasteiger partial charge in [-0.25, -0.2) is 4.68 Å². The number of rotatable bonds is 3. The van der Waals surface area contributed by atoms with Crippen LogP contribution in [0.3, 0.4) is 0 Å². The zero-order valence-corrected chi connectivity index (χ0v) is 18.7. The number of benzene rings is 1. The fourth-order valence-corrected chi connectivity index (χ4v) is 6.79. The summed E-state index contributed by atoms with van der Waals surface area (Å²) in [6.45, 7) is 1.85. The molecule has 1 aliphatic carbocycles. The number of amides is 1. The average Bonchev–Trinajstić information content (AvgIpc) is 3.24. The third-order valence-electron chi connectivity index (χ3n) is 5.96. The van der Waals surface area contributed by atoms with Gasteiger partial charge in [-0.1, -0.05) is 18.2 Å². The van der Waals surface area contributed by atoms with E-state index in [4.69, 9.17) is 0 Å². The lowest BCUT2D eigenvalue weighted by molar-refractivity contribution is -0.112. The molecule has 0 saturated heterocycles. The summed E-state index contributed by atoms with van der Waals surface area (Å²) in [6.07, 6.45) is 6.86. The van der Waals surface area contributed by atoms with Crippen LogP contribution in [0.15, 0.2) is 40.0 Å². The average molecular weight is 438 g/mol. The molecule has 1 aromatic carbocycles. The van der Waals surface area contributed by atoms with Crippen LogP contribution >= 0.6 is 23.1 Å². The molecule has 30 heavy (non-hydrogen) atoms. The molecule has 7 heteroatoms. The number of hydrogen-bond acceptors (Lipinski definition) is 4. The van der Waals surface area contributed by atoms with E-state index in [1.165, 1.54) is 40.1 Å². The number of thiophene rings is 1. The van der Waals surface area contributed by atoms with Gasteiger partial charge in [-0.2, -0.15) is 0 Å². The van der Waals surface area contributed by atoms with Gasteiger partial charge >= 0.3 is 0 Å². The van der Waals surface area contributed by atoms with E-state index >= 15 is 0 Å². The van der Waals surface area contributed by atoms with Crippen molar-refractivity contribution in [1.82, 2.24) is 9.36 Å². The van der Waals surface area contributed by atoms with Gasteiger partial charge in [0.1, 0.15) is 5.69 Å². The van der Waals surface area contributed by atoms with E-state index in [2.05, 4.69) is 5.32 Å². The smallest absolute Gasteiger partial charge is 0.295 e. The summed E-state index contributed by atoms with van der Waals surface area (Å²) in [6, 6.07) is 9.46. The number of anilines is 1. The lowest BCUT2D eigenvalue weighted by Gasteiger charge is -2.16. The Hall–Kier alpha value is -2.51. The largest absolute Gasteiger partial charge is 0.315 e. The Morgan fingerprint density at radius 2 is 1.87 bits per heavy atom. The fourth-order valence-electron chi connectivity index (χ4n) is 4.26. The summed E-state index contributed by atoms with van der Waals surface area (Å²) < 4.78 is 3.36. The van der Waals surface area contributed by atoms with Crippen molar-refractivity contribution < 1.29 is 4.79 Å². The molecule has 5 rings (SSSR count). The maximum atomic E-state index is 13.1. The van der Waals surface area contributed by atoms with Crippen LogP contribution in [-0.4, -0.2) is 15.3 Å². The van der Waals surface area contributed by atoms with Gasteiger partial charge in [-0.05, 0) is 61.9 Å². The van der Waals surface area contributed by atoms with E-state index in [0.717, 1.165) is 23.6 Å². The van der Waals surface area contributed by atoms with Crippen LogP contribution < -0.4 is 10.9 Å². The van der Waals surface area contributed by atoms with Crippen molar-refractivity contribution in [1.29, 1.82) is 0 Å². The second kappa shape index (κ2) is 7.63. The maximum absolute atomic E-state index is 13.1. The quantitative estimate of drug-likeness (QED) is 0.649. The summed E-state index contributed by atoms with van der Waals surface area (Å²) >= 11 is 3.41. The number of fused-ring (bicyclic) bond motifs is 3. The van der Waals surface area contributed by atoms with Gasteiger partial charge in [0, 0.05) is 22.6 Å². The van der Waals surface area contributed by atoms with Crippen molar-refractivity contribution in [2.75, 3.05) is 5.32 Å². The van der Waals surface area contributed by atoms with Crippen molar-refractivity contribution in [2.24, 2.45) is 7.05 Å². The Balaban J connectivity index is 1.45. The van der Waals surface area contributed by atoms with Gasteiger partial charge in [0.2, 0.25) is 0 Å². The van der Waals surface area contributed by atoms with E-state index in [1.54, 1.807) is 21.1 Å². The number of hydrogen-bond donors (Lipinski definition) is 1. The molecule has 1 aliphatic heterocycles. The summed E-state index contributed by atoms with van der Waals surface area (Å²) in [5.74, 6) is 0.630. The highest BCUT2D eigenvalue weighted by atomic mass is 32.2. The number of nitrogens with zero attached hydrogens (tertiary/aromatic N) is 2. The number of carbonyl (C=O) groups excluding carboxylic acids is 1. The normalized spacial score (nSPS) is 15.3. The highest BCUT2D eigenvalue weighted by molar-refractivity contribution is 8.03. The number of para-hydroxylation sites is 1. The Bertz CT molecular complexity index is 1230. The Morgan fingerprint density at radius 1 is 1.10 bits per heavy atom. The first-order valence-corrected chi connectivity index (χ1v) is 12.0. The second-order valence-corrected chi connectivity index (χ2v) is 9.90. The van der Waals surface area contributed by atoms with Crippen LogP contribution in [0.5, 0.6) is 0 Å². The minimum absolute atomic E-state index is 0.206. The number of nitrogens with one attached hydrogen (secondary N) is 1. The monoisotopic (exact) mass is 437 g/mol. The molecule has 3 heterocycles. The maximum Gasteiger partial charge on any atom is 0.295 e. The molecule has 1 N–H and O–H groups in total. The second-order valence-electron chi connectivity index (χ2n) is 7.74. The summed E-state index contributed by atoms with van der Waals surface area (Å²) in [5.41, 5.74) is 4.56. The highest BCUT2D eigenvalue weighted by Crippen LogP contribution is 2.42. The van der Waals surface area contributed by atoms with E-state index in [0.29, 0.717) is 10.6 Å². The molecule has 1 amide bonds. The number of aromatic nitrogens is 2. The van der Waals surface area contributed by atoms with Crippen molar-refractivity contribution in [2.45, 2.75) is 38.4 Å². The topological polar surface area (TPSA) is 56.0 Å². The number of aryl methyl sites for hydroxylation is 1. The number of carbonyl (C=O) groups is 1. The zero-order valence-electron chi connectivity index (χ0n) is 17.0. The summed E-state index contributed by atoms with van der Waals surface area (Å²) in [4.78, 5) is 29.5. The molecule has 0 radical (unpaired) electrons. The molecule has 154 valence electrons. The van der Waals surface area contributed by atoms with E-state index in [9.17, 15) is 9.59 Å². The van der Waals surface area contributed by atoms with E-state index < -0.39 is 0 Å². The predicted molar refractivity (Wildman–Crippen MR) is 125 cm³/mol. The van der Waals surface area contributed by atoms with Crippen LogP contribution in [0.1, 0.15) is 39.4 Å². The fraction of sp³-hybridized carbons (Fsp3) is 0.304. The SMILES string of the molecule is Cc1c(NC(=O)C2=Cc3sc4c(c3CS2)CCCC4)c(=O)n(-c2ccccc2)n1C. The third kappa shape index (κ3) is 3.17. The standard InChI is InChI=1S/C23H23N3O2S2/c1-14-21(23(28)26(25(14)2)15-8-4-3-5-9-15)24-22(27)20-12-19-17(13-29-20)16-10-6-7-11-18(16)30-19/h3-5,8-9,12H,6-7,10-11,13H2,1-2H3,(H,24,27). The highest BCUT2D eigenvalue weighted by Gasteiger charge is 2.26. The van der Waals surface area contributed by atoms with Crippen LogP contribution in [0.2, 0.25) is 0 Å². The van der Waals surface area contributed by atoms with E-state index in [-0.39, 0.29) is 11.5 Å². The molecular formula is C23H23N3O2S2. The molecule has 0 unspecified atom stereocenters. The first-order chi connectivity index (χ1) is 14.5. The third-order valence-corrected chi connectivity index (χ3v) is 8.29. The summed E-state index contributed by atoms with van der Waals surface area (Å²) in [5, 5.41) is 2.89. The van der Waals surface area contributed by atoms with Crippen LogP contribution in [-0.2, 0) is 30.4 Å². The molecule has 0 fully saturated rings. The van der Waals surface area contributed by atoms with Gasteiger partial charge in [0.05, 0.1) is 16.3 Å². The Kier molecular flexibility index (Phi) is 4.95. The van der Waals surface area contributed by atoms with Crippen LogP contribution in [0.25, 0.3) is 11.8 Å². The minimum atomic E-state index is -0.219. The van der Waals surface area contributed by atoms with Gasteiger partial charge in [0.15, 0.2) is 0 Å². The van der Waals surface area contributed by atoms with Crippen molar-refractivity contribution in [3.05, 3.63) is 72.2 Å². The lowest BCUT2D eigenvalue weighted by Crippen LogP contribution is -2.23. The first-order valence-electron chi connectivity index (χ1n) is 10.2. The van der Waals surface area contributed by atoms with Gasteiger partial charge in [0.25, 0.3) is 11.5 Å². The molecule has 0 atom stereocenters. The molecule has 3 aromatic rings. The number of thioether (sulfide) groups is 1. The van der Waals surface area contributed by atoms with Crippen molar-refractivity contribution >= 4 is 40.8 Å². The van der Waals surface area contributed by atoms with Gasteiger partial charge < -0.3 is 5.32 Å². The summed E-state index contributed by atoms with van der Waals surface area (Å²) in [7, 11) is 1.83. The first kappa shape index (κ1) is 19.5. The van der Waals surface area contributed by atoms with Crippen LogP contribution in [0, 0.1) is 6.92 Å². The van der Waals surface area contributed by atoms with E-state index in [1.807, 2.05) is 61.7 Å². The lowest BCUT2D eigenvalue weighted by atomic mass is 9.95. The Morgan fingerprint density at radius 3 is 2.67 bits per heavy atom. The molecule has 5 nitrogen and oxygen atoms in total. The minimum Gasteiger partial charge on any atom is -0.315 e. The molecule has 0 bridgehead atoms. The van der Waals surface area contributed by atoms with Crippen molar-refractivity contribution in [3.8, 4) is 5.69 Å². The molecular weight excluding hydrogens is 414 g/mol. The van der Waals surface area contributed by atoms with Gasteiger partial charge in [-0.15, -0.1) is 23.1 Å². The predicted octanol–water partition coefficient (Wildman–Crippen LogP) is 4.65. The molecule has 0 saturated carbocycles. The van der Waals surface area contributed by atoms with Crippen molar-refractivity contribution in [3.63, 3.8) is 0 Å². The van der Waals surface area contributed by atoms with Gasteiger partial charge in [-0.3, -0.25) is 14.3 Å². The zero-order chi connectivity index (χ0) is 20.8. The Labute approximate surface area is 183 Å².